The Morgan fingerprint density at radius 3 is 2.52 bits per heavy atom. The van der Waals surface area contributed by atoms with Gasteiger partial charge in [0.1, 0.15) is 5.54 Å². The van der Waals surface area contributed by atoms with Gasteiger partial charge in [0.2, 0.25) is 0 Å². The molecule has 1 aromatic rings. The van der Waals surface area contributed by atoms with Crippen molar-refractivity contribution in [1.29, 1.82) is 0 Å². The standard InChI is InChI=1S/C16H24ClNO2S/c1-3-11-18-16(4-2,15(19)20)10-5-12-21-14-8-6-13(17)7-9-14/h6-9,18H,3-5,10-12H2,1-2H3,(H,19,20). The highest BCUT2D eigenvalue weighted by Crippen LogP contribution is 2.24. The van der Waals surface area contributed by atoms with Crippen molar-refractivity contribution >= 4 is 29.3 Å². The van der Waals surface area contributed by atoms with Gasteiger partial charge in [-0.3, -0.25) is 4.79 Å². The summed E-state index contributed by atoms with van der Waals surface area (Å²) in [5, 5.41) is 13.5. The van der Waals surface area contributed by atoms with E-state index in [0.29, 0.717) is 12.8 Å². The summed E-state index contributed by atoms with van der Waals surface area (Å²) in [4.78, 5) is 12.7. The number of aliphatic carboxylic acids is 1. The van der Waals surface area contributed by atoms with Crippen LogP contribution in [-0.2, 0) is 4.79 Å². The van der Waals surface area contributed by atoms with Crippen molar-refractivity contribution in [2.45, 2.75) is 50.0 Å². The highest BCUT2D eigenvalue weighted by atomic mass is 35.5. The van der Waals surface area contributed by atoms with Crippen molar-refractivity contribution < 1.29 is 9.90 Å². The van der Waals surface area contributed by atoms with Crippen LogP contribution in [0.15, 0.2) is 29.2 Å². The van der Waals surface area contributed by atoms with Gasteiger partial charge in [0, 0.05) is 9.92 Å². The molecule has 0 aliphatic carbocycles. The van der Waals surface area contributed by atoms with E-state index in [1.54, 1.807) is 11.8 Å². The molecule has 21 heavy (non-hydrogen) atoms. The zero-order valence-corrected chi connectivity index (χ0v) is 14.3. The van der Waals surface area contributed by atoms with E-state index < -0.39 is 11.5 Å². The van der Waals surface area contributed by atoms with Gasteiger partial charge in [-0.05, 0) is 62.2 Å². The maximum absolute atomic E-state index is 11.6. The molecule has 0 saturated heterocycles. The number of rotatable bonds is 10. The zero-order valence-electron chi connectivity index (χ0n) is 12.7. The van der Waals surface area contributed by atoms with Crippen molar-refractivity contribution in [3.63, 3.8) is 0 Å². The molecule has 1 aromatic carbocycles. The second kappa shape index (κ2) is 9.34. The van der Waals surface area contributed by atoms with Crippen LogP contribution in [0.2, 0.25) is 5.02 Å². The molecule has 0 saturated carbocycles. The fraction of sp³-hybridized carbons (Fsp3) is 0.562. The first-order valence-electron chi connectivity index (χ1n) is 7.41. The summed E-state index contributed by atoms with van der Waals surface area (Å²) in [5.41, 5.74) is -0.781. The summed E-state index contributed by atoms with van der Waals surface area (Å²) in [7, 11) is 0. The predicted molar refractivity (Wildman–Crippen MR) is 90.4 cm³/mol. The maximum Gasteiger partial charge on any atom is 0.323 e. The highest BCUT2D eigenvalue weighted by Gasteiger charge is 2.35. The second-order valence-corrected chi connectivity index (χ2v) is 6.68. The summed E-state index contributed by atoms with van der Waals surface area (Å²) >= 11 is 7.59. The first-order valence-corrected chi connectivity index (χ1v) is 8.77. The predicted octanol–water partition coefficient (Wildman–Crippen LogP) is 4.45. The van der Waals surface area contributed by atoms with E-state index >= 15 is 0 Å². The quantitative estimate of drug-likeness (QED) is 0.492. The van der Waals surface area contributed by atoms with Gasteiger partial charge in [0.25, 0.3) is 0 Å². The van der Waals surface area contributed by atoms with Crippen LogP contribution < -0.4 is 5.32 Å². The molecule has 1 rings (SSSR count). The Morgan fingerprint density at radius 1 is 1.33 bits per heavy atom. The van der Waals surface area contributed by atoms with Crippen LogP contribution in [0.5, 0.6) is 0 Å². The molecule has 0 bridgehead atoms. The Hall–Kier alpha value is -0.710. The summed E-state index contributed by atoms with van der Waals surface area (Å²) in [6, 6.07) is 7.74. The highest BCUT2D eigenvalue weighted by molar-refractivity contribution is 7.99. The molecule has 0 aliphatic rings. The van der Waals surface area contributed by atoms with Crippen LogP contribution in [0.4, 0.5) is 0 Å². The lowest BCUT2D eigenvalue weighted by atomic mass is 9.90. The first kappa shape index (κ1) is 18.3. The lowest BCUT2D eigenvalue weighted by Gasteiger charge is -2.29. The molecule has 3 nitrogen and oxygen atoms in total. The van der Waals surface area contributed by atoms with E-state index in [0.717, 1.165) is 30.2 Å². The van der Waals surface area contributed by atoms with Crippen LogP contribution in [0.25, 0.3) is 0 Å². The van der Waals surface area contributed by atoms with E-state index in [4.69, 9.17) is 11.6 Å². The minimum absolute atomic E-state index is 0.605. The van der Waals surface area contributed by atoms with E-state index in [9.17, 15) is 9.90 Å². The number of halogens is 1. The molecule has 0 spiro atoms. The van der Waals surface area contributed by atoms with Gasteiger partial charge in [-0.2, -0.15) is 0 Å². The molecule has 0 heterocycles. The summed E-state index contributed by atoms with van der Waals surface area (Å²) in [5.74, 6) is 0.166. The number of hydrogen-bond acceptors (Lipinski definition) is 3. The Bertz CT molecular complexity index is 438. The Balaban J connectivity index is 2.46. The number of nitrogens with one attached hydrogen (secondary N) is 1. The van der Waals surface area contributed by atoms with Crippen LogP contribution in [0, 0.1) is 0 Å². The molecule has 2 N–H and O–H groups in total. The third kappa shape index (κ3) is 5.89. The zero-order chi connectivity index (χ0) is 15.7. The molecule has 0 amide bonds. The molecule has 0 aromatic heterocycles. The number of carbonyl (C=O) groups is 1. The fourth-order valence-corrected chi connectivity index (χ4v) is 3.16. The SMILES string of the molecule is CCCNC(CC)(CCCSc1ccc(Cl)cc1)C(=O)O. The number of thioether (sulfide) groups is 1. The normalized spacial score (nSPS) is 13.9. The van der Waals surface area contributed by atoms with Crippen molar-refractivity contribution in [2.24, 2.45) is 0 Å². The Kier molecular flexibility index (Phi) is 8.15. The van der Waals surface area contributed by atoms with Crippen LogP contribution in [0.1, 0.15) is 39.5 Å². The maximum atomic E-state index is 11.6. The summed E-state index contributed by atoms with van der Waals surface area (Å²) in [6.07, 6.45) is 3.06. The van der Waals surface area contributed by atoms with Gasteiger partial charge >= 0.3 is 5.97 Å². The largest absolute Gasteiger partial charge is 0.480 e. The van der Waals surface area contributed by atoms with Crippen LogP contribution in [0.3, 0.4) is 0 Å². The van der Waals surface area contributed by atoms with E-state index in [-0.39, 0.29) is 0 Å². The number of carboxylic acids is 1. The average molecular weight is 330 g/mol. The molecule has 1 atom stereocenters. The Labute approximate surface area is 136 Å². The van der Waals surface area contributed by atoms with E-state index in [1.165, 1.54) is 4.90 Å². The van der Waals surface area contributed by atoms with Crippen LogP contribution >= 0.6 is 23.4 Å². The van der Waals surface area contributed by atoms with Crippen LogP contribution in [-0.4, -0.2) is 28.9 Å². The van der Waals surface area contributed by atoms with Gasteiger partial charge in [-0.25, -0.2) is 0 Å². The minimum Gasteiger partial charge on any atom is -0.480 e. The number of hydrogen-bond donors (Lipinski definition) is 2. The molecule has 0 radical (unpaired) electrons. The second-order valence-electron chi connectivity index (χ2n) is 5.07. The molecule has 118 valence electrons. The van der Waals surface area contributed by atoms with Gasteiger partial charge in [0.05, 0.1) is 0 Å². The van der Waals surface area contributed by atoms with Crippen molar-refractivity contribution in [3.05, 3.63) is 29.3 Å². The third-order valence-electron chi connectivity index (χ3n) is 3.56. The van der Waals surface area contributed by atoms with Crippen molar-refractivity contribution in [2.75, 3.05) is 12.3 Å². The lowest BCUT2D eigenvalue weighted by molar-refractivity contribution is -0.145. The van der Waals surface area contributed by atoms with Crippen molar-refractivity contribution in [1.82, 2.24) is 5.32 Å². The van der Waals surface area contributed by atoms with Gasteiger partial charge < -0.3 is 10.4 Å². The topological polar surface area (TPSA) is 49.3 Å². The molecular weight excluding hydrogens is 306 g/mol. The number of carboxylic acid groups (broad SMARTS) is 1. The fourth-order valence-electron chi connectivity index (χ4n) is 2.18. The first-order chi connectivity index (χ1) is 10.0. The molecule has 1 unspecified atom stereocenters. The van der Waals surface area contributed by atoms with E-state index in [2.05, 4.69) is 5.32 Å². The minimum atomic E-state index is -0.781. The van der Waals surface area contributed by atoms with Gasteiger partial charge in [-0.1, -0.05) is 25.4 Å². The van der Waals surface area contributed by atoms with Gasteiger partial charge in [-0.15, -0.1) is 11.8 Å². The smallest absolute Gasteiger partial charge is 0.323 e. The lowest BCUT2D eigenvalue weighted by Crippen LogP contribution is -2.52. The monoisotopic (exact) mass is 329 g/mol. The van der Waals surface area contributed by atoms with E-state index in [1.807, 2.05) is 38.1 Å². The summed E-state index contributed by atoms with van der Waals surface area (Å²) < 4.78 is 0. The summed E-state index contributed by atoms with van der Waals surface area (Å²) in [6.45, 7) is 4.72. The molecular formula is C16H24ClNO2S. The number of benzene rings is 1. The van der Waals surface area contributed by atoms with Gasteiger partial charge in [0.15, 0.2) is 0 Å². The molecule has 0 aliphatic heterocycles. The molecule has 0 fully saturated rings. The third-order valence-corrected chi connectivity index (χ3v) is 4.91. The Morgan fingerprint density at radius 2 is 2.00 bits per heavy atom. The molecule has 5 heteroatoms. The average Bonchev–Trinajstić information content (AvgIpc) is 2.48. The van der Waals surface area contributed by atoms with Crippen molar-refractivity contribution in [3.8, 4) is 0 Å².